The second-order valence-corrected chi connectivity index (χ2v) is 4.83. The Morgan fingerprint density at radius 3 is 2.84 bits per heavy atom. The standard InChI is InChI=1S/C14H15FN2OS/c1-9(7-11-3-2-6-18-11)17-13-5-4-10(14(16)19)8-12(13)15/h2-6,8-9,17H,7H2,1H3,(H2,16,19). The van der Waals surface area contributed by atoms with E-state index in [1.54, 1.807) is 18.4 Å². The van der Waals surface area contributed by atoms with E-state index in [1.807, 2.05) is 19.1 Å². The number of nitrogens with one attached hydrogen (secondary N) is 1. The van der Waals surface area contributed by atoms with Crippen LogP contribution >= 0.6 is 12.2 Å². The smallest absolute Gasteiger partial charge is 0.146 e. The average Bonchev–Trinajstić information content (AvgIpc) is 2.84. The van der Waals surface area contributed by atoms with E-state index >= 15 is 0 Å². The van der Waals surface area contributed by atoms with Crippen LogP contribution in [0.1, 0.15) is 18.2 Å². The summed E-state index contributed by atoms with van der Waals surface area (Å²) in [5.74, 6) is 0.497. The Kier molecular flexibility index (Phi) is 4.16. The zero-order valence-electron chi connectivity index (χ0n) is 10.5. The van der Waals surface area contributed by atoms with Crippen molar-refractivity contribution in [2.75, 3.05) is 5.32 Å². The fourth-order valence-corrected chi connectivity index (χ4v) is 1.96. The summed E-state index contributed by atoms with van der Waals surface area (Å²) in [6.45, 7) is 1.96. The topological polar surface area (TPSA) is 51.2 Å². The molecule has 1 unspecified atom stereocenters. The first kappa shape index (κ1) is 13.5. The molecule has 19 heavy (non-hydrogen) atoms. The van der Waals surface area contributed by atoms with Gasteiger partial charge in [0.15, 0.2) is 0 Å². The minimum atomic E-state index is -0.364. The summed E-state index contributed by atoms with van der Waals surface area (Å²) in [5, 5.41) is 3.10. The largest absolute Gasteiger partial charge is 0.469 e. The van der Waals surface area contributed by atoms with Gasteiger partial charge in [0.25, 0.3) is 0 Å². The highest BCUT2D eigenvalue weighted by molar-refractivity contribution is 7.80. The van der Waals surface area contributed by atoms with Crippen LogP contribution in [0, 0.1) is 5.82 Å². The summed E-state index contributed by atoms with van der Waals surface area (Å²) in [6.07, 6.45) is 2.31. The SMILES string of the molecule is CC(Cc1ccco1)Nc1ccc(C(N)=S)cc1F. The maximum absolute atomic E-state index is 13.8. The van der Waals surface area contributed by atoms with E-state index < -0.39 is 0 Å². The first-order valence-electron chi connectivity index (χ1n) is 5.94. The van der Waals surface area contributed by atoms with Crippen molar-refractivity contribution in [3.05, 3.63) is 53.7 Å². The van der Waals surface area contributed by atoms with Gasteiger partial charge in [0.2, 0.25) is 0 Å². The predicted octanol–water partition coefficient (Wildman–Crippen LogP) is 3.10. The maximum Gasteiger partial charge on any atom is 0.146 e. The Hall–Kier alpha value is -1.88. The number of hydrogen-bond acceptors (Lipinski definition) is 3. The minimum Gasteiger partial charge on any atom is -0.469 e. The number of nitrogens with two attached hydrogens (primary N) is 1. The summed E-state index contributed by atoms with van der Waals surface area (Å²) in [6, 6.07) is 8.46. The number of thiocarbonyl (C=S) groups is 1. The second kappa shape index (κ2) is 5.84. The van der Waals surface area contributed by atoms with E-state index in [2.05, 4.69) is 5.32 Å². The van der Waals surface area contributed by atoms with Gasteiger partial charge in [0.1, 0.15) is 16.6 Å². The van der Waals surface area contributed by atoms with Crippen LogP contribution in [-0.2, 0) is 6.42 Å². The normalized spacial score (nSPS) is 12.1. The van der Waals surface area contributed by atoms with E-state index in [9.17, 15) is 4.39 Å². The van der Waals surface area contributed by atoms with Crippen molar-refractivity contribution < 1.29 is 8.81 Å². The molecule has 0 aliphatic carbocycles. The molecule has 0 amide bonds. The third-order valence-corrected chi connectivity index (χ3v) is 2.98. The molecule has 2 aromatic rings. The number of hydrogen-bond donors (Lipinski definition) is 2. The van der Waals surface area contributed by atoms with Crippen LogP contribution in [0.15, 0.2) is 41.0 Å². The fraction of sp³-hybridized carbons (Fsp3) is 0.214. The van der Waals surface area contributed by atoms with Gasteiger partial charge in [-0.25, -0.2) is 4.39 Å². The van der Waals surface area contributed by atoms with Gasteiger partial charge in [0, 0.05) is 18.0 Å². The second-order valence-electron chi connectivity index (χ2n) is 4.39. The molecule has 1 aromatic carbocycles. The molecule has 0 saturated heterocycles. The highest BCUT2D eigenvalue weighted by Gasteiger charge is 2.10. The van der Waals surface area contributed by atoms with Crippen LogP contribution in [0.2, 0.25) is 0 Å². The van der Waals surface area contributed by atoms with E-state index in [0.29, 0.717) is 17.7 Å². The van der Waals surface area contributed by atoms with Gasteiger partial charge in [-0.2, -0.15) is 0 Å². The van der Waals surface area contributed by atoms with Gasteiger partial charge in [-0.15, -0.1) is 0 Å². The predicted molar refractivity (Wildman–Crippen MR) is 77.8 cm³/mol. The fourth-order valence-electron chi connectivity index (χ4n) is 1.83. The van der Waals surface area contributed by atoms with Crippen LogP contribution in [0.3, 0.4) is 0 Å². The molecule has 0 aliphatic heterocycles. The first-order valence-corrected chi connectivity index (χ1v) is 6.35. The third kappa shape index (κ3) is 3.54. The molecule has 0 aliphatic rings. The van der Waals surface area contributed by atoms with Crippen molar-refractivity contribution in [2.45, 2.75) is 19.4 Å². The lowest BCUT2D eigenvalue weighted by atomic mass is 10.1. The van der Waals surface area contributed by atoms with Crippen LogP contribution in [0.4, 0.5) is 10.1 Å². The van der Waals surface area contributed by atoms with Gasteiger partial charge in [-0.3, -0.25) is 0 Å². The lowest BCUT2D eigenvalue weighted by Gasteiger charge is -2.15. The molecular weight excluding hydrogens is 263 g/mol. The number of halogens is 1. The van der Waals surface area contributed by atoms with Crippen LogP contribution in [-0.4, -0.2) is 11.0 Å². The molecule has 1 heterocycles. The summed E-state index contributed by atoms with van der Waals surface area (Å²) in [7, 11) is 0. The summed E-state index contributed by atoms with van der Waals surface area (Å²) in [4.78, 5) is 0.189. The lowest BCUT2D eigenvalue weighted by Crippen LogP contribution is -2.19. The molecule has 3 nitrogen and oxygen atoms in total. The van der Waals surface area contributed by atoms with E-state index in [0.717, 1.165) is 5.76 Å². The monoisotopic (exact) mass is 278 g/mol. The van der Waals surface area contributed by atoms with Gasteiger partial charge in [0.05, 0.1) is 12.0 Å². The molecule has 100 valence electrons. The summed E-state index contributed by atoms with van der Waals surface area (Å²) in [5.41, 5.74) is 6.41. The highest BCUT2D eigenvalue weighted by Crippen LogP contribution is 2.18. The van der Waals surface area contributed by atoms with Crippen molar-refractivity contribution in [1.29, 1.82) is 0 Å². The molecule has 1 aromatic heterocycles. The molecule has 1 atom stereocenters. The summed E-state index contributed by atoms with van der Waals surface area (Å²) >= 11 is 4.81. The van der Waals surface area contributed by atoms with Crippen molar-refractivity contribution in [3.63, 3.8) is 0 Å². The van der Waals surface area contributed by atoms with Crippen molar-refractivity contribution in [2.24, 2.45) is 5.73 Å². The van der Waals surface area contributed by atoms with Gasteiger partial charge in [-0.1, -0.05) is 12.2 Å². The lowest BCUT2D eigenvalue weighted by molar-refractivity contribution is 0.497. The Bertz CT molecular complexity index is 569. The Balaban J connectivity index is 2.04. The highest BCUT2D eigenvalue weighted by atomic mass is 32.1. The Morgan fingerprint density at radius 2 is 2.26 bits per heavy atom. The van der Waals surface area contributed by atoms with E-state index in [-0.39, 0.29) is 16.8 Å². The maximum atomic E-state index is 13.8. The molecule has 0 radical (unpaired) electrons. The number of benzene rings is 1. The van der Waals surface area contributed by atoms with Gasteiger partial charge >= 0.3 is 0 Å². The number of anilines is 1. The first-order chi connectivity index (χ1) is 9.06. The number of rotatable bonds is 5. The van der Waals surface area contributed by atoms with Crippen LogP contribution in [0.5, 0.6) is 0 Å². The van der Waals surface area contributed by atoms with E-state index in [1.165, 1.54) is 6.07 Å². The van der Waals surface area contributed by atoms with Crippen molar-refractivity contribution >= 4 is 22.9 Å². The molecule has 3 N–H and O–H groups in total. The van der Waals surface area contributed by atoms with E-state index in [4.69, 9.17) is 22.4 Å². The Morgan fingerprint density at radius 1 is 1.47 bits per heavy atom. The molecule has 0 fully saturated rings. The molecule has 0 saturated carbocycles. The molecule has 2 rings (SSSR count). The third-order valence-electron chi connectivity index (χ3n) is 2.74. The zero-order chi connectivity index (χ0) is 13.8. The van der Waals surface area contributed by atoms with Crippen molar-refractivity contribution in [1.82, 2.24) is 0 Å². The average molecular weight is 278 g/mol. The van der Waals surface area contributed by atoms with Gasteiger partial charge in [-0.05, 0) is 37.3 Å². The van der Waals surface area contributed by atoms with Crippen LogP contribution in [0.25, 0.3) is 0 Å². The quantitative estimate of drug-likeness (QED) is 0.825. The minimum absolute atomic E-state index is 0.0522. The molecule has 0 spiro atoms. The zero-order valence-corrected chi connectivity index (χ0v) is 11.3. The van der Waals surface area contributed by atoms with Gasteiger partial charge < -0.3 is 15.5 Å². The van der Waals surface area contributed by atoms with Crippen LogP contribution < -0.4 is 11.1 Å². The summed E-state index contributed by atoms with van der Waals surface area (Å²) < 4.78 is 19.1. The molecular formula is C14H15FN2OS. The van der Waals surface area contributed by atoms with Crippen molar-refractivity contribution in [3.8, 4) is 0 Å². The number of furan rings is 1. The molecule has 0 bridgehead atoms. The molecule has 5 heteroatoms. The Labute approximate surface area is 116 Å².